The lowest BCUT2D eigenvalue weighted by Gasteiger charge is -2.60. The molecule has 23 heavy (non-hydrogen) atoms. The van der Waals surface area contributed by atoms with Crippen LogP contribution in [0.1, 0.15) is 60.0 Å². The highest BCUT2D eigenvalue weighted by atomic mass is 16.3. The minimum Gasteiger partial charge on any atom is -0.507 e. The average molecular weight is 315 g/mol. The van der Waals surface area contributed by atoms with Gasteiger partial charge in [0.05, 0.1) is 11.2 Å². The molecule has 0 spiro atoms. The zero-order valence-electron chi connectivity index (χ0n) is 13.0. The van der Waals surface area contributed by atoms with Gasteiger partial charge in [-0.3, -0.25) is 9.59 Å². The molecular weight excluding hydrogens is 294 g/mol. The highest BCUT2D eigenvalue weighted by Crippen LogP contribution is 2.62. The third-order valence-electron chi connectivity index (χ3n) is 6.42. The van der Waals surface area contributed by atoms with E-state index in [1.165, 1.54) is 0 Å². The molecule has 4 N–H and O–H groups in total. The van der Waals surface area contributed by atoms with Crippen molar-refractivity contribution in [3.05, 3.63) is 28.8 Å². The molecule has 4 rings (SSSR count). The fourth-order valence-electron chi connectivity index (χ4n) is 5.44. The number of amides is 1. The van der Waals surface area contributed by atoms with E-state index < -0.39 is 16.9 Å². The van der Waals surface area contributed by atoms with Crippen molar-refractivity contribution in [3.8, 4) is 5.75 Å². The van der Waals surface area contributed by atoms with E-state index in [0.29, 0.717) is 31.2 Å². The number of benzene rings is 1. The minimum absolute atomic E-state index is 0.0718. The second-order valence-corrected chi connectivity index (χ2v) is 7.38. The van der Waals surface area contributed by atoms with Crippen LogP contribution in [0.5, 0.6) is 5.75 Å². The van der Waals surface area contributed by atoms with Crippen LogP contribution in [-0.2, 0) is 16.6 Å². The summed E-state index contributed by atoms with van der Waals surface area (Å²) in [6.07, 6.45) is 4.26. The molecule has 2 bridgehead atoms. The molecule has 3 atom stereocenters. The zero-order chi connectivity index (χ0) is 16.4. The van der Waals surface area contributed by atoms with Crippen molar-refractivity contribution in [2.75, 3.05) is 0 Å². The second-order valence-electron chi connectivity index (χ2n) is 7.38. The molecule has 3 aliphatic rings. The Labute approximate surface area is 134 Å². The molecule has 1 amide bonds. The number of hydrogen-bond donors (Lipinski definition) is 3. The summed E-state index contributed by atoms with van der Waals surface area (Å²) in [7, 11) is 0. The zero-order valence-corrected chi connectivity index (χ0v) is 13.0. The number of ketones is 1. The van der Waals surface area contributed by atoms with Gasteiger partial charge < -0.3 is 15.9 Å². The normalized spacial score (nSPS) is 35.3. The van der Waals surface area contributed by atoms with Crippen LogP contribution >= 0.6 is 0 Å². The van der Waals surface area contributed by atoms with Gasteiger partial charge in [-0.1, -0.05) is 12.5 Å². The molecule has 2 saturated carbocycles. The smallest absolute Gasteiger partial charge is 0.252 e. The van der Waals surface area contributed by atoms with Gasteiger partial charge >= 0.3 is 0 Å². The van der Waals surface area contributed by atoms with E-state index in [9.17, 15) is 19.8 Å². The number of hydrogen-bond acceptors (Lipinski definition) is 4. The summed E-state index contributed by atoms with van der Waals surface area (Å²) in [5.74, 6) is -0.600. The fraction of sp³-hybridized carbons (Fsp3) is 0.556. The fourth-order valence-corrected chi connectivity index (χ4v) is 5.44. The first-order valence-corrected chi connectivity index (χ1v) is 8.28. The van der Waals surface area contributed by atoms with Crippen molar-refractivity contribution in [2.24, 2.45) is 11.7 Å². The molecule has 1 aromatic carbocycles. The maximum absolute atomic E-state index is 12.2. The van der Waals surface area contributed by atoms with E-state index in [0.717, 1.165) is 18.4 Å². The first-order chi connectivity index (χ1) is 10.9. The van der Waals surface area contributed by atoms with E-state index in [-0.39, 0.29) is 29.4 Å². The summed E-state index contributed by atoms with van der Waals surface area (Å²) in [5, 5.41) is 22.2. The van der Waals surface area contributed by atoms with Gasteiger partial charge in [0.25, 0.3) is 5.91 Å². The van der Waals surface area contributed by atoms with Gasteiger partial charge in [-0.15, -0.1) is 0 Å². The first-order valence-electron chi connectivity index (χ1n) is 8.28. The summed E-state index contributed by atoms with van der Waals surface area (Å²) in [6.45, 7) is 0. The molecule has 0 heterocycles. The second kappa shape index (κ2) is 4.57. The number of aliphatic hydroxyl groups is 1. The summed E-state index contributed by atoms with van der Waals surface area (Å²) in [6, 6.07) is 3.38. The van der Waals surface area contributed by atoms with Crippen molar-refractivity contribution in [1.82, 2.24) is 0 Å². The Balaban J connectivity index is 2.02. The predicted octanol–water partition coefficient (Wildman–Crippen LogP) is 1.57. The van der Waals surface area contributed by atoms with Gasteiger partial charge in [-0.05, 0) is 43.2 Å². The average Bonchev–Trinajstić information content (AvgIpc) is 2.47. The molecule has 0 aliphatic heterocycles. The maximum Gasteiger partial charge on any atom is 0.252 e. The summed E-state index contributed by atoms with van der Waals surface area (Å²) in [4.78, 5) is 23.8. The Kier molecular flexibility index (Phi) is 2.92. The van der Waals surface area contributed by atoms with Crippen LogP contribution in [0.4, 0.5) is 0 Å². The van der Waals surface area contributed by atoms with Gasteiger partial charge in [0.2, 0.25) is 0 Å². The number of carbonyl (C=O) groups is 2. The Hall–Kier alpha value is -1.88. The van der Waals surface area contributed by atoms with Gasteiger partial charge in [-0.25, -0.2) is 0 Å². The molecule has 0 unspecified atom stereocenters. The van der Waals surface area contributed by atoms with E-state index in [1.54, 1.807) is 6.07 Å². The largest absolute Gasteiger partial charge is 0.507 e. The summed E-state index contributed by atoms with van der Waals surface area (Å²) >= 11 is 0. The molecular formula is C18H21NO4. The number of Topliss-reactive ketones (excluding diaryl/α,β-unsaturated/α-hetero) is 1. The molecule has 1 aromatic rings. The van der Waals surface area contributed by atoms with E-state index in [1.807, 2.05) is 6.07 Å². The number of fused-ring (bicyclic) bond motifs is 1. The number of primary amides is 1. The number of carbonyl (C=O) groups excluding carboxylic acids is 2. The Bertz CT molecular complexity index is 728. The molecule has 5 nitrogen and oxygen atoms in total. The van der Waals surface area contributed by atoms with Crippen molar-refractivity contribution >= 4 is 11.7 Å². The van der Waals surface area contributed by atoms with Crippen molar-refractivity contribution in [2.45, 2.75) is 56.0 Å². The molecule has 3 aliphatic carbocycles. The van der Waals surface area contributed by atoms with Crippen molar-refractivity contribution < 1.29 is 19.8 Å². The Morgan fingerprint density at radius 3 is 2.83 bits per heavy atom. The third-order valence-corrected chi connectivity index (χ3v) is 6.42. The summed E-state index contributed by atoms with van der Waals surface area (Å²) in [5.41, 5.74) is 5.24. The molecule has 0 aromatic heterocycles. The maximum atomic E-state index is 12.2. The number of phenols is 1. The lowest BCUT2D eigenvalue weighted by molar-refractivity contribution is -0.160. The molecule has 2 fully saturated rings. The SMILES string of the molecule is NC(=O)c1ccc2c(c1O)[C@]13CCC[C@H](C2)[C@]1(O)CCC(=O)C3. The Morgan fingerprint density at radius 1 is 1.30 bits per heavy atom. The molecule has 0 radical (unpaired) electrons. The predicted molar refractivity (Wildman–Crippen MR) is 83.2 cm³/mol. The molecule has 5 heteroatoms. The van der Waals surface area contributed by atoms with Crippen LogP contribution in [0.2, 0.25) is 0 Å². The van der Waals surface area contributed by atoms with Crippen LogP contribution in [0.3, 0.4) is 0 Å². The van der Waals surface area contributed by atoms with Crippen LogP contribution in [0.25, 0.3) is 0 Å². The molecule has 122 valence electrons. The quantitative estimate of drug-likeness (QED) is 0.732. The van der Waals surface area contributed by atoms with Crippen molar-refractivity contribution in [3.63, 3.8) is 0 Å². The highest BCUT2D eigenvalue weighted by molar-refractivity contribution is 5.96. The van der Waals surface area contributed by atoms with Crippen LogP contribution in [0, 0.1) is 5.92 Å². The lowest BCUT2D eigenvalue weighted by atomic mass is 9.46. The first kappa shape index (κ1) is 14.7. The standard InChI is InChI=1S/C18H21NO4/c19-16(22)13-4-3-10-8-11-2-1-6-17(14(10)15(13)21)9-12(20)5-7-18(11,17)23/h3-4,11,21,23H,1-2,5-9H2,(H2,19,22)/t11-,17-,18-/m1/s1. The van der Waals surface area contributed by atoms with E-state index in [4.69, 9.17) is 5.73 Å². The van der Waals surface area contributed by atoms with Gasteiger partial charge in [-0.2, -0.15) is 0 Å². The molecule has 0 saturated heterocycles. The Morgan fingerprint density at radius 2 is 2.09 bits per heavy atom. The van der Waals surface area contributed by atoms with Gasteiger partial charge in [0, 0.05) is 23.8 Å². The van der Waals surface area contributed by atoms with E-state index >= 15 is 0 Å². The van der Waals surface area contributed by atoms with Crippen LogP contribution in [0.15, 0.2) is 12.1 Å². The van der Waals surface area contributed by atoms with Crippen LogP contribution in [-0.4, -0.2) is 27.5 Å². The van der Waals surface area contributed by atoms with E-state index in [2.05, 4.69) is 0 Å². The van der Waals surface area contributed by atoms with Gasteiger partial charge in [0.15, 0.2) is 0 Å². The van der Waals surface area contributed by atoms with Gasteiger partial charge in [0.1, 0.15) is 11.5 Å². The monoisotopic (exact) mass is 315 g/mol. The minimum atomic E-state index is -0.972. The van der Waals surface area contributed by atoms with Crippen LogP contribution < -0.4 is 5.73 Å². The summed E-state index contributed by atoms with van der Waals surface area (Å²) < 4.78 is 0. The number of aromatic hydroxyl groups is 1. The lowest BCUT2D eigenvalue weighted by Crippen LogP contribution is -2.64. The third kappa shape index (κ3) is 1.71. The highest BCUT2D eigenvalue weighted by Gasteiger charge is 2.63. The number of rotatable bonds is 1. The topological polar surface area (TPSA) is 101 Å². The van der Waals surface area contributed by atoms with Crippen molar-refractivity contribution in [1.29, 1.82) is 0 Å². The number of nitrogens with two attached hydrogens (primary N) is 1.